The van der Waals surface area contributed by atoms with Gasteiger partial charge in [-0.15, -0.1) is 0 Å². The van der Waals surface area contributed by atoms with Gasteiger partial charge in [-0.05, 0) is 31.9 Å². The van der Waals surface area contributed by atoms with Crippen molar-refractivity contribution in [2.75, 3.05) is 13.2 Å². The van der Waals surface area contributed by atoms with Crippen LogP contribution in [-0.4, -0.2) is 24.2 Å². The predicted octanol–water partition coefficient (Wildman–Crippen LogP) is 2.48. The van der Waals surface area contributed by atoms with Crippen LogP contribution in [0.3, 0.4) is 0 Å². The average Bonchev–Trinajstić information content (AvgIpc) is 2.91. The van der Waals surface area contributed by atoms with Gasteiger partial charge in [-0.2, -0.15) is 0 Å². The summed E-state index contributed by atoms with van der Waals surface area (Å²) >= 11 is 0. The summed E-state index contributed by atoms with van der Waals surface area (Å²) < 4.78 is 5.12. The zero-order valence-corrected chi connectivity index (χ0v) is 12.4. The smallest absolute Gasteiger partial charge is 0.254 e. The third-order valence-electron chi connectivity index (χ3n) is 3.56. The van der Waals surface area contributed by atoms with Crippen molar-refractivity contribution in [3.8, 4) is 0 Å². The quantitative estimate of drug-likeness (QED) is 0.858. The van der Waals surface area contributed by atoms with Crippen molar-refractivity contribution in [2.45, 2.75) is 20.3 Å². The molecular formula is C17H21NO3. The van der Waals surface area contributed by atoms with Crippen LogP contribution >= 0.6 is 0 Å². The first-order valence-electron chi connectivity index (χ1n) is 7.09. The lowest BCUT2D eigenvalue weighted by atomic mass is 9.99. The highest BCUT2D eigenvalue weighted by molar-refractivity contribution is 5.95. The van der Waals surface area contributed by atoms with E-state index in [4.69, 9.17) is 4.42 Å². The molecule has 0 fully saturated rings. The van der Waals surface area contributed by atoms with Gasteiger partial charge >= 0.3 is 0 Å². The van der Waals surface area contributed by atoms with Gasteiger partial charge in [-0.1, -0.05) is 29.8 Å². The summed E-state index contributed by atoms with van der Waals surface area (Å²) in [5, 5.41) is 12.3. The Labute approximate surface area is 124 Å². The van der Waals surface area contributed by atoms with E-state index in [1.807, 2.05) is 6.92 Å². The van der Waals surface area contributed by atoms with Crippen LogP contribution < -0.4 is 5.32 Å². The molecule has 4 nitrogen and oxygen atoms in total. The maximum atomic E-state index is 12.0. The summed E-state index contributed by atoms with van der Waals surface area (Å²) in [5.74, 6) is 0.444. The van der Waals surface area contributed by atoms with Gasteiger partial charge in [0, 0.05) is 19.1 Å². The fourth-order valence-electron chi connectivity index (χ4n) is 2.21. The Morgan fingerprint density at radius 2 is 1.95 bits per heavy atom. The Morgan fingerprint density at radius 3 is 2.52 bits per heavy atom. The van der Waals surface area contributed by atoms with E-state index in [0.717, 1.165) is 12.0 Å². The van der Waals surface area contributed by atoms with Gasteiger partial charge in [0.1, 0.15) is 5.76 Å². The molecule has 0 aliphatic rings. The van der Waals surface area contributed by atoms with Gasteiger partial charge < -0.3 is 14.8 Å². The summed E-state index contributed by atoms with van der Waals surface area (Å²) in [5.41, 5.74) is 2.92. The molecule has 1 unspecified atom stereocenters. The van der Waals surface area contributed by atoms with E-state index in [0.29, 0.717) is 17.9 Å². The minimum atomic E-state index is -0.163. The molecule has 0 radical (unpaired) electrons. The Kier molecular flexibility index (Phi) is 5.17. The molecule has 2 N–H and O–H groups in total. The molecular weight excluding hydrogens is 266 g/mol. The zero-order chi connectivity index (χ0) is 15.2. The van der Waals surface area contributed by atoms with Crippen molar-refractivity contribution in [2.24, 2.45) is 5.92 Å². The van der Waals surface area contributed by atoms with Crippen molar-refractivity contribution >= 4 is 5.91 Å². The lowest BCUT2D eigenvalue weighted by Gasteiger charge is -2.15. The van der Waals surface area contributed by atoms with Gasteiger partial charge in [-0.25, -0.2) is 0 Å². The molecule has 112 valence electrons. The number of furan rings is 1. The molecule has 1 amide bonds. The maximum absolute atomic E-state index is 12.0. The average molecular weight is 287 g/mol. The maximum Gasteiger partial charge on any atom is 0.254 e. The van der Waals surface area contributed by atoms with E-state index in [2.05, 4.69) is 29.6 Å². The molecule has 0 spiro atoms. The molecule has 1 aromatic heterocycles. The van der Waals surface area contributed by atoms with Crippen LogP contribution in [0, 0.1) is 19.8 Å². The third-order valence-corrected chi connectivity index (χ3v) is 3.56. The fourth-order valence-corrected chi connectivity index (χ4v) is 2.21. The number of rotatable bonds is 6. The number of aliphatic hydroxyl groups excluding tert-OH is 1. The molecule has 0 saturated carbocycles. The summed E-state index contributed by atoms with van der Waals surface area (Å²) in [4.78, 5) is 12.0. The number of aliphatic hydroxyl groups is 1. The number of amides is 1. The van der Waals surface area contributed by atoms with Crippen molar-refractivity contribution in [1.29, 1.82) is 0 Å². The zero-order valence-electron chi connectivity index (χ0n) is 12.4. The Hall–Kier alpha value is -2.07. The van der Waals surface area contributed by atoms with Crippen molar-refractivity contribution < 1.29 is 14.3 Å². The minimum Gasteiger partial charge on any atom is -0.469 e. The standard InChI is InChI=1S/C17H21NO3/c1-12-3-5-14(6-4-12)9-15(11-19)10-18-17(20)16-7-8-21-13(16)2/h3-8,15,19H,9-11H2,1-2H3,(H,18,20). The first-order chi connectivity index (χ1) is 10.1. The van der Waals surface area contributed by atoms with Crippen LogP contribution in [-0.2, 0) is 6.42 Å². The summed E-state index contributed by atoms with van der Waals surface area (Å²) in [6, 6.07) is 9.87. The largest absolute Gasteiger partial charge is 0.469 e. The van der Waals surface area contributed by atoms with E-state index < -0.39 is 0 Å². The number of carbonyl (C=O) groups excluding carboxylic acids is 1. The molecule has 0 bridgehead atoms. The third kappa shape index (κ3) is 4.20. The van der Waals surface area contributed by atoms with Crippen LogP contribution in [0.15, 0.2) is 41.0 Å². The van der Waals surface area contributed by atoms with Gasteiger partial charge in [0.15, 0.2) is 0 Å². The van der Waals surface area contributed by atoms with Crippen LogP contribution in [0.1, 0.15) is 27.2 Å². The van der Waals surface area contributed by atoms with E-state index in [-0.39, 0.29) is 18.4 Å². The molecule has 1 atom stereocenters. The lowest BCUT2D eigenvalue weighted by molar-refractivity contribution is 0.0938. The highest BCUT2D eigenvalue weighted by Gasteiger charge is 2.14. The lowest BCUT2D eigenvalue weighted by Crippen LogP contribution is -2.32. The summed E-state index contributed by atoms with van der Waals surface area (Å²) in [6.07, 6.45) is 2.24. The minimum absolute atomic E-state index is 0.00358. The first-order valence-corrected chi connectivity index (χ1v) is 7.09. The molecule has 2 rings (SSSR count). The number of nitrogens with one attached hydrogen (secondary N) is 1. The summed E-state index contributed by atoms with van der Waals surface area (Å²) in [6.45, 7) is 4.28. The molecule has 0 aliphatic heterocycles. The van der Waals surface area contributed by atoms with E-state index >= 15 is 0 Å². The topological polar surface area (TPSA) is 62.5 Å². The molecule has 4 heteroatoms. The second-order valence-electron chi connectivity index (χ2n) is 5.34. The van der Waals surface area contributed by atoms with Crippen LogP contribution in [0.2, 0.25) is 0 Å². The first kappa shape index (κ1) is 15.3. The molecule has 0 aliphatic carbocycles. The van der Waals surface area contributed by atoms with Gasteiger partial charge in [0.2, 0.25) is 0 Å². The highest BCUT2D eigenvalue weighted by Crippen LogP contribution is 2.11. The number of hydrogen-bond donors (Lipinski definition) is 2. The van der Waals surface area contributed by atoms with Crippen molar-refractivity contribution in [3.05, 3.63) is 59.0 Å². The van der Waals surface area contributed by atoms with E-state index in [1.54, 1.807) is 13.0 Å². The molecule has 1 heterocycles. The molecule has 0 saturated heterocycles. The monoisotopic (exact) mass is 287 g/mol. The van der Waals surface area contributed by atoms with Crippen LogP contribution in [0.5, 0.6) is 0 Å². The fraction of sp³-hybridized carbons (Fsp3) is 0.353. The van der Waals surface area contributed by atoms with Gasteiger partial charge in [0.05, 0.1) is 11.8 Å². The number of benzene rings is 1. The normalized spacial score (nSPS) is 12.1. The van der Waals surface area contributed by atoms with Gasteiger partial charge in [-0.3, -0.25) is 4.79 Å². The summed E-state index contributed by atoms with van der Waals surface area (Å²) in [7, 11) is 0. The SMILES string of the molecule is Cc1ccc(CC(CO)CNC(=O)c2ccoc2C)cc1. The second-order valence-corrected chi connectivity index (χ2v) is 5.34. The predicted molar refractivity (Wildman–Crippen MR) is 81.2 cm³/mol. The molecule has 21 heavy (non-hydrogen) atoms. The number of hydrogen-bond acceptors (Lipinski definition) is 3. The van der Waals surface area contributed by atoms with E-state index in [9.17, 15) is 9.90 Å². The molecule has 1 aromatic carbocycles. The highest BCUT2D eigenvalue weighted by atomic mass is 16.3. The Morgan fingerprint density at radius 1 is 1.24 bits per heavy atom. The van der Waals surface area contributed by atoms with Crippen LogP contribution in [0.25, 0.3) is 0 Å². The molecule has 2 aromatic rings. The number of carbonyl (C=O) groups is 1. The van der Waals surface area contributed by atoms with Gasteiger partial charge in [0.25, 0.3) is 5.91 Å². The van der Waals surface area contributed by atoms with Crippen LogP contribution in [0.4, 0.5) is 0 Å². The van der Waals surface area contributed by atoms with E-state index in [1.165, 1.54) is 11.8 Å². The van der Waals surface area contributed by atoms with Crippen molar-refractivity contribution in [1.82, 2.24) is 5.32 Å². The number of aryl methyl sites for hydroxylation is 2. The Balaban J connectivity index is 1.89. The second kappa shape index (κ2) is 7.09. The van der Waals surface area contributed by atoms with Crippen molar-refractivity contribution in [3.63, 3.8) is 0 Å². The Bertz CT molecular complexity index is 586.